The zero-order valence-electron chi connectivity index (χ0n) is 15.7. The Morgan fingerprint density at radius 1 is 1.00 bits per heavy atom. The Labute approximate surface area is 160 Å². The summed E-state index contributed by atoms with van der Waals surface area (Å²) in [7, 11) is 0. The average molecular weight is 394 g/mol. The van der Waals surface area contributed by atoms with Crippen LogP contribution >= 0.6 is 0 Å². The number of hydrogen-bond acceptors (Lipinski definition) is 4. The van der Waals surface area contributed by atoms with Gasteiger partial charge in [-0.05, 0) is 45.0 Å². The summed E-state index contributed by atoms with van der Waals surface area (Å²) in [5, 5.41) is 3.94. The number of rotatable bonds is 6. The summed E-state index contributed by atoms with van der Waals surface area (Å²) in [5.74, 6) is -2.71. The van der Waals surface area contributed by atoms with Crippen molar-refractivity contribution in [1.82, 2.24) is 5.32 Å². The van der Waals surface area contributed by atoms with Crippen molar-refractivity contribution in [3.63, 3.8) is 0 Å². The summed E-state index contributed by atoms with van der Waals surface area (Å²) >= 11 is 0. The van der Waals surface area contributed by atoms with Gasteiger partial charge in [-0.1, -0.05) is 35.4 Å². The number of nitrogens with one attached hydrogen (secondary N) is 2. The zero-order valence-corrected chi connectivity index (χ0v) is 15.7. The van der Waals surface area contributed by atoms with E-state index in [0.717, 1.165) is 5.56 Å². The molecule has 0 aromatic heterocycles. The summed E-state index contributed by atoms with van der Waals surface area (Å²) in [4.78, 5) is 25.0. The van der Waals surface area contributed by atoms with E-state index in [1.54, 1.807) is 32.0 Å². The number of carbonyl (C=O) groups is 2. The Morgan fingerprint density at radius 2 is 1.64 bits per heavy atom. The quantitative estimate of drug-likeness (QED) is 0.575. The maximum atomic E-state index is 14.1. The molecule has 0 saturated carbocycles. The molecule has 0 saturated heterocycles. The molecule has 2 aromatic rings. The van der Waals surface area contributed by atoms with Gasteiger partial charge in [-0.3, -0.25) is 4.79 Å². The largest absolute Gasteiger partial charge is 0.463 e. The van der Waals surface area contributed by atoms with Crippen LogP contribution < -0.4 is 10.6 Å². The average Bonchev–Trinajstić information content (AvgIpc) is 2.62. The molecular weight excluding hydrogens is 373 g/mol. The van der Waals surface area contributed by atoms with Crippen LogP contribution in [0.25, 0.3) is 0 Å². The predicted octanol–water partition coefficient (Wildman–Crippen LogP) is 3.97. The van der Waals surface area contributed by atoms with Crippen molar-refractivity contribution >= 4 is 17.6 Å². The lowest BCUT2D eigenvalue weighted by atomic mass is 10.1. The molecule has 2 aromatic carbocycles. The lowest BCUT2D eigenvalue weighted by Crippen LogP contribution is -2.69. The highest BCUT2D eigenvalue weighted by atomic mass is 19.4. The van der Waals surface area contributed by atoms with Gasteiger partial charge in [0.15, 0.2) is 0 Å². The smallest absolute Gasteiger partial charge is 0.441 e. The van der Waals surface area contributed by atoms with Gasteiger partial charge < -0.3 is 15.4 Å². The molecule has 0 aliphatic carbocycles. The van der Waals surface area contributed by atoms with Crippen LogP contribution in [0.2, 0.25) is 0 Å². The second-order valence-corrected chi connectivity index (χ2v) is 6.28. The normalized spacial score (nSPS) is 13.4. The van der Waals surface area contributed by atoms with Gasteiger partial charge in [0.2, 0.25) is 0 Å². The van der Waals surface area contributed by atoms with E-state index in [1.807, 2.05) is 5.32 Å². The molecule has 0 bridgehead atoms. The van der Waals surface area contributed by atoms with E-state index in [2.05, 4.69) is 10.1 Å². The van der Waals surface area contributed by atoms with Crippen LogP contribution in [0.1, 0.15) is 28.4 Å². The van der Waals surface area contributed by atoms with Crippen LogP contribution in [0.5, 0.6) is 0 Å². The van der Waals surface area contributed by atoms with Crippen molar-refractivity contribution in [1.29, 1.82) is 0 Å². The van der Waals surface area contributed by atoms with Crippen LogP contribution in [0.15, 0.2) is 48.5 Å². The molecular formula is C20H21F3N2O3. The number of alkyl halides is 3. The minimum atomic E-state index is -5.18. The Kier molecular flexibility index (Phi) is 6.33. The first-order valence-corrected chi connectivity index (χ1v) is 8.57. The maximum Gasteiger partial charge on any atom is 0.441 e. The van der Waals surface area contributed by atoms with E-state index in [4.69, 9.17) is 0 Å². The Balaban J connectivity index is 2.50. The van der Waals surface area contributed by atoms with Gasteiger partial charge in [0, 0.05) is 11.3 Å². The fourth-order valence-corrected chi connectivity index (χ4v) is 2.51. The molecule has 0 spiro atoms. The number of hydrogen-bond donors (Lipinski definition) is 2. The van der Waals surface area contributed by atoms with Crippen LogP contribution in [0, 0.1) is 13.8 Å². The van der Waals surface area contributed by atoms with Crippen LogP contribution in [0.4, 0.5) is 18.9 Å². The molecule has 1 amide bonds. The van der Waals surface area contributed by atoms with E-state index in [1.165, 1.54) is 37.3 Å². The van der Waals surface area contributed by atoms with Gasteiger partial charge >= 0.3 is 17.8 Å². The third kappa shape index (κ3) is 4.62. The van der Waals surface area contributed by atoms with E-state index in [0.29, 0.717) is 5.56 Å². The first kappa shape index (κ1) is 21.3. The number of halogens is 3. The van der Waals surface area contributed by atoms with Crippen molar-refractivity contribution in [2.75, 3.05) is 11.9 Å². The van der Waals surface area contributed by atoms with Crippen LogP contribution in [-0.4, -0.2) is 30.3 Å². The summed E-state index contributed by atoms with van der Waals surface area (Å²) < 4.78 is 46.9. The first-order valence-electron chi connectivity index (χ1n) is 8.57. The van der Waals surface area contributed by atoms with Crippen molar-refractivity contribution in [2.45, 2.75) is 32.6 Å². The van der Waals surface area contributed by atoms with Gasteiger partial charge in [0.1, 0.15) is 0 Å². The molecule has 0 heterocycles. The summed E-state index contributed by atoms with van der Waals surface area (Å²) in [6, 6.07) is 11.9. The SMILES string of the molecule is CCOC(=O)[C@](NC(=O)c1cccc(C)c1)(Nc1ccc(C)cc1)C(F)(F)F. The summed E-state index contributed by atoms with van der Waals surface area (Å²) in [5.41, 5.74) is -1.95. The highest BCUT2D eigenvalue weighted by Gasteiger charge is 2.63. The number of benzene rings is 2. The lowest BCUT2D eigenvalue weighted by Gasteiger charge is -2.35. The molecule has 1 atom stereocenters. The number of amides is 1. The maximum absolute atomic E-state index is 14.1. The molecule has 0 aliphatic rings. The first-order chi connectivity index (χ1) is 13.1. The Bertz CT molecular complexity index is 851. The molecule has 2 rings (SSSR count). The van der Waals surface area contributed by atoms with Gasteiger partial charge in [-0.25, -0.2) is 4.79 Å². The molecule has 2 N–H and O–H groups in total. The minimum Gasteiger partial charge on any atom is -0.463 e. The number of ether oxygens (including phenoxy) is 1. The molecule has 5 nitrogen and oxygen atoms in total. The molecule has 0 fully saturated rings. The van der Waals surface area contributed by atoms with E-state index in [9.17, 15) is 22.8 Å². The molecule has 0 aliphatic heterocycles. The monoisotopic (exact) mass is 394 g/mol. The summed E-state index contributed by atoms with van der Waals surface area (Å²) in [6.45, 7) is 4.56. The number of esters is 1. The lowest BCUT2D eigenvalue weighted by molar-refractivity contribution is -0.204. The number of anilines is 1. The van der Waals surface area contributed by atoms with Crippen molar-refractivity contribution in [2.24, 2.45) is 0 Å². The molecule has 0 radical (unpaired) electrons. The fraction of sp³-hybridized carbons (Fsp3) is 0.300. The van der Waals surface area contributed by atoms with E-state index < -0.39 is 23.7 Å². The van der Waals surface area contributed by atoms with E-state index in [-0.39, 0.29) is 17.9 Å². The highest BCUT2D eigenvalue weighted by Crippen LogP contribution is 2.33. The Hall–Kier alpha value is -3.03. The number of aryl methyl sites for hydroxylation is 2. The molecule has 150 valence electrons. The third-order valence-electron chi connectivity index (χ3n) is 3.97. The fourth-order valence-electron chi connectivity index (χ4n) is 2.51. The minimum absolute atomic E-state index is 0.000482. The highest BCUT2D eigenvalue weighted by molar-refractivity contribution is 5.99. The second kappa shape index (κ2) is 8.33. The van der Waals surface area contributed by atoms with Crippen molar-refractivity contribution in [3.8, 4) is 0 Å². The van der Waals surface area contributed by atoms with Crippen LogP contribution in [0.3, 0.4) is 0 Å². The number of carbonyl (C=O) groups excluding carboxylic acids is 2. The van der Waals surface area contributed by atoms with Gasteiger partial charge in [0.05, 0.1) is 6.61 Å². The third-order valence-corrected chi connectivity index (χ3v) is 3.97. The van der Waals surface area contributed by atoms with Gasteiger partial charge in [-0.15, -0.1) is 0 Å². The van der Waals surface area contributed by atoms with Crippen molar-refractivity contribution < 1.29 is 27.5 Å². The molecule has 0 unspecified atom stereocenters. The zero-order chi connectivity index (χ0) is 20.9. The predicted molar refractivity (Wildman–Crippen MR) is 98.9 cm³/mol. The molecule has 28 heavy (non-hydrogen) atoms. The van der Waals surface area contributed by atoms with Gasteiger partial charge in [0.25, 0.3) is 5.91 Å². The van der Waals surface area contributed by atoms with Gasteiger partial charge in [-0.2, -0.15) is 13.2 Å². The van der Waals surface area contributed by atoms with Crippen molar-refractivity contribution in [3.05, 3.63) is 65.2 Å². The molecule has 8 heteroatoms. The summed E-state index contributed by atoms with van der Waals surface area (Å²) in [6.07, 6.45) is -5.18. The second-order valence-electron chi connectivity index (χ2n) is 6.28. The van der Waals surface area contributed by atoms with E-state index >= 15 is 0 Å². The van der Waals surface area contributed by atoms with Crippen LogP contribution in [-0.2, 0) is 9.53 Å². The standard InChI is InChI=1S/C20H21F3N2O3/c1-4-28-18(27)19(20(21,22)23,24-16-10-8-13(2)9-11-16)25-17(26)15-7-5-6-14(3)12-15/h5-12,24H,4H2,1-3H3,(H,25,26)/t19-/m1/s1. The Morgan fingerprint density at radius 3 is 2.18 bits per heavy atom. The topological polar surface area (TPSA) is 67.4 Å².